The Bertz CT molecular complexity index is 996. The van der Waals surface area contributed by atoms with Gasteiger partial charge < -0.3 is 10.2 Å². The van der Waals surface area contributed by atoms with Crippen LogP contribution < -0.4 is 5.32 Å². The molecule has 4 nitrogen and oxygen atoms in total. The van der Waals surface area contributed by atoms with E-state index in [1.165, 1.54) is 6.42 Å². The highest BCUT2D eigenvalue weighted by Crippen LogP contribution is 2.29. The number of pyridine rings is 1. The smallest absolute Gasteiger partial charge is 0.272 e. The van der Waals surface area contributed by atoms with Crippen molar-refractivity contribution in [3.8, 4) is 0 Å². The maximum Gasteiger partial charge on any atom is 0.272 e. The van der Waals surface area contributed by atoms with Crippen LogP contribution in [0.3, 0.4) is 0 Å². The normalized spacial score (nSPS) is 14.4. The molecule has 2 heterocycles. The Balaban J connectivity index is 1.74. The summed E-state index contributed by atoms with van der Waals surface area (Å²) in [5, 5.41) is 5.11. The lowest BCUT2D eigenvalue weighted by molar-refractivity contribution is 0.0719. The average Bonchev–Trinajstić information content (AvgIpc) is 2.71. The summed E-state index contributed by atoms with van der Waals surface area (Å²) in [5.41, 5.74) is 4.07. The minimum atomic E-state index is 0.00504. The molecule has 0 aliphatic carbocycles. The topological polar surface area (TPSA) is 45.2 Å². The average molecular weight is 380 g/mol. The van der Waals surface area contributed by atoms with Crippen LogP contribution >= 0.6 is 11.6 Å². The number of amides is 1. The molecule has 138 valence electrons. The molecule has 1 amide bonds. The Morgan fingerprint density at radius 2 is 1.85 bits per heavy atom. The third kappa shape index (κ3) is 3.76. The Kier molecular flexibility index (Phi) is 4.99. The van der Waals surface area contributed by atoms with Gasteiger partial charge in [-0.25, -0.2) is 4.98 Å². The minimum Gasteiger partial charge on any atom is -0.355 e. The second-order valence-electron chi connectivity index (χ2n) is 7.01. The molecule has 0 bridgehead atoms. The predicted octanol–water partition coefficient (Wildman–Crippen LogP) is 5.57. The van der Waals surface area contributed by atoms with Crippen LogP contribution in [0.1, 0.15) is 35.3 Å². The van der Waals surface area contributed by atoms with Crippen LogP contribution in [0.2, 0.25) is 5.02 Å². The van der Waals surface area contributed by atoms with Crippen LogP contribution in [-0.2, 0) is 0 Å². The quantitative estimate of drug-likeness (QED) is 0.647. The van der Waals surface area contributed by atoms with Gasteiger partial charge in [0.05, 0.1) is 11.2 Å². The summed E-state index contributed by atoms with van der Waals surface area (Å²) in [6.45, 7) is 3.59. The first kappa shape index (κ1) is 17.8. The van der Waals surface area contributed by atoms with E-state index in [1.807, 2.05) is 60.4 Å². The van der Waals surface area contributed by atoms with Gasteiger partial charge in [-0.3, -0.25) is 4.79 Å². The van der Waals surface area contributed by atoms with E-state index in [9.17, 15) is 4.79 Å². The highest BCUT2D eigenvalue weighted by molar-refractivity contribution is 6.31. The fourth-order valence-corrected chi connectivity index (χ4v) is 3.65. The molecule has 0 atom stereocenters. The fraction of sp³-hybridized carbons (Fsp3) is 0.273. The summed E-state index contributed by atoms with van der Waals surface area (Å²) in [5.74, 6) is 0.00504. The number of aromatic nitrogens is 1. The number of hydrogen-bond acceptors (Lipinski definition) is 3. The van der Waals surface area contributed by atoms with Crippen LogP contribution in [0, 0.1) is 6.92 Å². The Morgan fingerprint density at radius 1 is 1.07 bits per heavy atom. The van der Waals surface area contributed by atoms with Gasteiger partial charge >= 0.3 is 0 Å². The molecule has 0 radical (unpaired) electrons. The summed E-state index contributed by atoms with van der Waals surface area (Å²) >= 11 is 6.27. The summed E-state index contributed by atoms with van der Waals surface area (Å²) in [4.78, 5) is 19.5. The molecule has 2 aromatic carbocycles. The van der Waals surface area contributed by atoms with Crippen molar-refractivity contribution in [1.82, 2.24) is 9.88 Å². The van der Waals surface area contributed by atoms with E-state index in [0.29, 0.717) is 10.7 Å². The van der Waals surface area contributed by atoms with Crippen molar-refractivity contribution in [3.63, 3.8) is 0 Å². The zero-order valence-electron chi connectivity index (χ0n) is 15.3. The molecule has 0 unspecified atom stereocenters. The molecule has 3 aromatic rings. The Hall–Kier alpha value is -2.59. The van der Waals surface area contributed by atoms with E-state index in [4.69, 9.17) is 11.6 Å². The van der Waals surface area contributed by atoms with Crippen molar-refractivity contribution in [1.29, 1.82) is 0 Å². The summed E-state index contributed by atoms with van der Waals surface area (Å²) in [6.07, 6.45) is 3.31. The van der Waals surface area contributed by atoms with E-state index in [2.05, 4.69) is 10.3 Å². The van der Waals surface area contributed by atoms with Gasteiger partial charge in [0.15, 0.2) is 0 Å². The Labute approximate surface area is 164 Å². The maximum atomic E-state index is 13.0. The van der Waals surface area contributed by atoms with E-state index in [1.54, 1.807) is 0 Å². The van der Waals surface area contributed by atoms with Crippen molar-refractivity contribution < 1.29 is 4.79 Å². The van der Waals surface area contributed by atoms with E-state index < -0.39 is 0 Å². The number of nitrogens with one attached hydrogen (secondary N) is 1. The van der Waals surface area contributed by atoms with Gasteiger partial charge in [-0.15, -0.1) is 0 Å². The monoisotopic (exact) mass is 379 g/mol. The van der Waals surface area contributed by atoms with Crippen LogP contribution in [0.4, 0.5) is 11.4 Å². The zero-order chi connectivity index (χ0) is 18.8. The lowest BCUT2D eigenvalue weighted by atomic mass is 10.1. The molecule has 1 fully saturated rings. The van der Waals surface area contributed by atoms with Crippen molar-refractivity contribution >= 4 is 39.8 Å². The minimum absolute atomic E-state index is 0.00504. The van der Waals surface area contributed by atoms with Gasteiger partial charge in [-0.05, 0) is 56.0 Å². The van der Waals surface area contributed by atoms with Crippen molar-refractivity contribution in [2.75, 3.05) is 18.4 Å². The van der Waals surface area contributed by atoms with E-state index >= 15 is 0 Å². The van der Waals surface area contributed by atoms with Crippen LogP contribution in [0.15, 0.2) is 48.5 Å². The lowest BCUT2D eigenvalue weighted by Gasteiger charge is -2.26. The third-order valence-corrected chi connectivity index (χ3v) is 5.44. The van der Waals surface area contributed by atoms with Gasteiger partial charge in [-0.2, -0.15) is 0 Å². The molecule has 1 aromatic heterocycles. The number of anilines is 2. The first-order valence-corrected chi connectivity index (χ1v) is 9.72. The molecular formula is C22H22ClN3O. The maximum absolute atomic E-state index is 13.0. The molecule has 1 saturated heterocycles. The Morgan fingerprint density at radius 3 is 2.63 bits per heavy atom. The summed E-state index contributed by atoms with van der Waals surface area (Å²) in [7, 11) is 0. The molecule has 1 aliphatic heterocycles. The number of fused-ring (bicyclic) bond motifs is 1. The number of nitrogens with zero attached hydrogens (tertiary/aromatic N) is 2. The molecular weight excluding hydrogens is 358 g/mol. The van der Waals surface area contributed by atoms with Gasteiger partial charge in [0.2, 0.25) is 0 Å². The number of carbonyl (C=O) groups is 1. The molecule has 1 aliphatic rings. The molecule has 1 N–H and O–H groups in total. The van der Waals surface area contributed by atoms with Crippen LogP contribution in [-0.4, -0.2) is 28.9 Å². The highest BCUT2D eigenvalue weighted by Gasteiger charge is 2.20. The van der Waals surface area contributed by atoms with Gasteiger partial charge in [-0.1, -0.05) is 35.9 Å². The number of halogens is 1. The number of hydrogen-bond donors (Lipinski definition) is 1. The van der Waals surface area contributed by atoms with E-state index in [-0.39, 0.29) is 5.91 Å². The fourth-order valence-electron chi connectivity index (χ4n) is 3.47. The number of benzene rings is 2. The van der Waals surface area contributed by atoms with Crippen LogP contribution in [0.5, 0.6) is 0 Å². The number of carbonyl (C=O) groups excluding carboxylic acids is 1. The van der Waals surface area contributed by atoms with Crippen molar-refractivity contribution in [2.24, 2.45) is 0 Å². The van der Waals surface area contributed by atoms with Crippen molar-refractivity contribution in [3.05, 3.63) is 64.8 Å². The molecule has 0 spiro atoms. The number of piperidine rings is 1. The molecule has 4 rings (SSSR count). The van der Waals surface area contributed by atoms with Crippen LogP contribution in [0.25, 0.3) is 10.9 Å². The SMILES string of the molecule is Cc1ccc(Nc2cc(C(=O)N3CCCCC3)nc3ccccc23)cc1Cl. The number of para-hydroxylation sites is 1. The van der Waals surface area contributed by atoms with Gasteiger partial charge in [0, 0.05) is 29.2 Å². The third-order valence-electron chi connectivity index (χ3n) is 5.03. The summed E-state index contributed by atoms with van der Waals surface area (Å²) < 4.78 is 0. The standard InChI is InChI=1S/C22H22ClN3O/c1-15-9-10-16(13-18(15)23)24-20-14-21(22(27)26-11-5-2-6-12-26)25-19-8-4-3-7-17(19)20/h3-4,7-10,13-14H,2,5-6,11-12H2,1H3,(H,24,25). The predicted molar refractivity (Wildman–Crippen MR) is 111 cm³/mol. The number of aryl methyl sites for hydroxylation is 1. The molecule has 5 heteroatoms. The van der Waals surface area contributed by atoms with Gasteiger partial charge in [0.1, 0.15) is 5.69 Å². The first-order valence-electron chi connectivity index (χ1n) is 9.34. The molecule has 27 heavy (non-hydrogen) atoms. The highest BCUT2D eigenvalue weighted by atomic mass is 35.5. The second-order valence-corrected chi connectivity index (χ2v) is 7.42. The first-order chi connectivity index (χ1) is 13.1. The zero-order valence-corrected chi connectivity index (χ0v) is 16.1. The number of rotatable bonds is 3. The number of likely N-dealkylation sites (tertiary alicyclic amines) is 1. The summed E-state index contributed by atoms with van der Waals surface area (Å²) in [6, 6.07) is 15.6. The van der Waals surface area contributed by atoms with E-state index in [0.717, 1.165) is 53.8 Å². The molecule has 0 saturated carbocycles. The van der Waals surface area contributed by atoms with Crippen molar-refractivity contribution in [2.45, 2.75) is 26.2 Å². The van der Waals surface area contributed by atoms with Gasteiger partial charge in [0.25, 0.3) is 5.91 Å². The lowest BCUT2D eigenvalue weighted by Crippen LogP contribution is -2.36. The largest absolute Gasteiger partial charge is 0.355 e. The second kappa shape index (κ2) is 7.57.